The fourth-order valence-corrected chi connectivity index (χ4v) is 3.31. The van der Waals surface area contributed by atoms with E-state index >= 15 is 0 Å². The van der Waals surface area contributed by atoms with Gasteiger partial charge in [-0.3, -0.25) is 14.8 Å². The number of benzene rings is 2. The van der Waals surface area contributed by atoms with Crippen LogP contribution in [0.3, 0.4) is 0 Å². The second kappa shape index (κ2) is 6.88. The maximum Gasteiger partial charge on any atom is 0.271 e. The number of nitro benzene ring substituents is 1. The lowest BCUT2D eigenvalue weighted by molar-refractivity contribution is -0.384. The molecule has 0 fully saturated rings. The summed E-state index contributed by atoms with van der Waals surface area (Å²) >= 11 is 0. The Bertz CT molecular complexity index is 863. The number of hydrogen-bond acceptors (Lipinski definition) is 5. The van der Waals surface area contributed by atoms with Crippen LogP contribution in [0.2, 0.25) is 0 Å². The van der Waals surface area contributed by atoms with Crippen molar-refractivity contribution in [1.82, 2.24) is 0 Å². The van der Waals surface area contributed by atoms with E-state index in [9.17, 15) is 18.5 Å². The van der Waals surface area contributed by atoms with Crippen molar-refractivity contribution in [3.63, 3.8) is 0 Å². The van der Waals surface area contributed by atoms with Gasteiger partial charge in [0.05, 0.1) is 22.6 Å². The van der Waals surface area contributed by atoms with Gasteiger partial charge in [0.15, 0.2) is 0 Å². The van der Waals surface area contributed by atoms with E-state index in [1.165, 1.54) is 37.4 Å². The zero-order valence-corrected chi connectivity index (χ0v) is 14.3. The summed E-state index contributed by atoms with van der Waals surface area (Å²) in [5.74, 6) is 0.687. The van der Waals surface area contributed by atoms with Crippen molar-refractivity contribution in [3.8, 4) is 5.75 Å². The molecule has 8 heteroatoms. The molecule has 1 N–H and O–H groups in total. The van der Waals surface area contributed by atoms with Gasteiger partial charge in [0.25, 0.3) is 15.7 Å². The van der Waals surface area contributed by atoms with Crippen LogP contribution in [-0.2, 0) is 10.0 Å². The molecule has 0 unspecified atom stereocenters. The number of rotatable bonds is 6. The number of non-ortho nitro benzene ring substituents is 1. The zero-order chi connectivity index (χ0) is 17.9. The van der Waals surface area contributed by atoms with Crippen LogP contribution in [0.5, 0.6) is 5.75 Å². The summed E-state index contributed by atoms with van der Waals surface area (Å²) in [4.78, 5) is 10.3. The van der Waals surface area contributed by atoms with E-state index in [0.717, 1.165) is 5.56 Å². The second-order valence-corrected chi connectivity index (χ2v) is 7.15. The van der Waals surface area contributed by atoms with Gasteiger partial charge in [-0.2, -0.15) is 0 Å². The zero-order valence-electron chi connectivity index (χ0n) is 13.5. The van der Waals surface area contributed by atoms with Gasteiger partial charge in [-0.1, -0.05) is 19.9 Å². The fraction of sp³-hybridized carbons (Fsp3) is 0.250. The molecule has 0 amide bonds. The summed E-state index contributed by atoms with van der Waals surface area (Å²) in [6, 6.07) is 9.92. The molecule has 0 atom stereocenters. The minimum Gasteiger partial charge on any atom is -0.496 e. The van der Waals surface area contributed by atoms with Crippen molar-refractivity contribution >= 4 is 21.4 Å². The normalized spacial score (nSPS) is 11.3. The summed E-state index contributed by atoms with van der Waals surface area (Å²) in [6.45, 7) is 3.87. The number of nitro groups is 1. The molecule has 24 heavy (non-hydrogen) atoms. The lowest BCUT2D eigenvalue weighted by atomic mass is 10.0. The Labute approximate surface area is 140 Å². The van der Waals surface area contributed by atoms with E-state index in [2.05, 4.69) is 4.72 Å². The van der Waals surface area contributed by atoms with Crippen molar-refractivity contribution in [3.05, 3.63) is 58.1 Å². The number of anilines is 1. The average Bonchev–Trinajstić information content (AvgIpc) is 2.53. The Hall–Kier alpha value is -2.61. The molecule has 2 aromatic carbocycles. The highest BCUT2D eigenvalue weighted by molar-refractivity contribution is 7.92. The molecule has 0 aliphatic rings. The molecule has 0 radical (unpaired) electrons. The lowest BCUT2D eigenvalue weighted by Gasteiger charge is -2.14. The van der Waals surface area contributed by atoms with Crippen molar-refractivity contribution in [2.45, 2.75) is 24.7 Å². The molecular formula is C16H18N2O5S. The summed E-state index contributed by atoms with van der Waals surface area (Å²) in [7, 11) is -2.34. The number of hydrogen-bond donors (Lipinski definition) is 1. The Balaban J connectivity index is 2.39. The van der Waals surface area contributed by atoms with Gasteiger partial charge < -0.3 is 4.74 Å². The maximum absolute atomic E-state index is 12.5. The summed E-state index contributed by atoms with van der Waals surface area (Å²) in [5, 5.41) is 10.8. The first-order chi connectivity index (χ1) is 11.2. The molecule has 0 saturated heterocycles. The minimum atomic E-state index is -3.86. The topological polar surface area (TPSA) is 98.5 Å². The lowest BCUT2D eigenvalue weighted by Crippen LogP contribution is -2.13. The van der Waals surface area contributed by atoms with Gasteiger partial charge in [-0.05, 0) is 35.7 Å². The predicted octanol–water partition coefficient (Wildman–Crippen LogP) is 3.53. The molecule has 0 heterocycles. The third-order valence-corrected chi connectivity index (χ3v) is 4.82. The minimum absolute atomic E-state index is 0.0681. The van der Waals surface area contributed by atoms with E-state index in [0.29, 0.717) is 5.75 Å². The Morgan fingerprint density at radius 1 is 1.17 bits per heavy atom. The van der Waals surface area contributed by atoms with Crippen LogP contribution in [0.15, 0.2) is 47.4 Å². The number of nitrogens with one attached hydrogen (secondary N) is 1. The molecule has 2 rings (SSSR count). The predicted molar refractivity (Wildman–Crippen MR) is 91.0 cm³/mol. The Morgan fingerprint density at radius 3 is 2.46 bits per heavy atom. The quantitative estimate of drug-likeness (QED) is 0.635. The largest absolute Gasteiger partial charge is 0.496 e. The van der Waals surface area contributed by atoms with E-state index in [4.69, 9.17) is 4.74 Å². The van der Waals surface area contributed by atoms with Gasteiger partial charge in [-0.15, -0.1) is 0 Å². The van der Waals surface area contributed by atoms with Gasteiger partial charge in [-0.25, -0.2) is 8.42 Å². The van der Waals surface area contributed by atoms with Crippen LogP contribution in [0.25, 0.3) is 0 Å². The third-order valence-electron chi connectivity index (χ3n) is 3.44. The van der Waals surface area contributed by atoms with Crippen molar-refractivity contribution < 1.29 is 18.1 Å². The summed E-state index contributed by atoms with van der Waals surface area (Å²) in [6.07, 6.45) is 0. The van der Waals surface area contributed by atoms with Crippen molar-refractivity contribution in [1.29, 1.82) is 0 Å². The highest BCUT2D eigenvalue weighted by atomic mass is 32.2. The second-order valence-electron chi connectivity index (χ2n) is 5.47. The summed E-state index contributed by atoms with van der Waals surface area (Å²) < 4.78 is 32.7. The molecule has 0 aliphatic carbocycles. The van der Waals surface area contributed by atoms with Crippen molar-refractivity contribution in [2.75, 3.05) is 11.8 Å². The molecule has 0 aromatic heterocycles. The molecule has 2 aromatic rings. The first-order valence-corrected chi connectivity index (χ1v) is 8.68. The molecule has 0 saturated carbocycles. The highest BCUT2D eigenvalue weighted by Crippen LogP contribution is 2.30. The smallest absolute Gasteiger partial charge is 0.271 e. The van der Waals surface area contributed by atoms with E-state index in [1.54, 1.807) is 12.1 Å². The number of ether oxygens (including phenoxy) is 1. The van der Waals surface area contributed by atoms with E-state index < -0.39 is 14.9 Å². The molecule has 0 bridgehead atoms. The molecular weight excluding hydrogens is 332 g/mol. The summed E-state index contributed by atoms with van der Waals surface area (Å²) in [5.41, 5.74) is 0.707. The van der Waals surface area contributed by atoms with E-state index in [1.807, 2.05) is 13.8 Å². The van der Waals surface area contributed by atoms with Gasteiger partial charge in [0.1, 0.15) is 5.75 Å². The van der Waals surface area contributed by atoms with Crippen LogP contribution in [0.4, 0.5) is 11.4 Å². The molecule has 0 spiro atoms. The number of sulfonamides is 1. The Morgan fingerprint density at radius 2 is 1.88 bits per heavy atom. The monoisotopic (exact) mass is 350 g/mol. The SMILES string of the molecule is COc1ccc(S(=O)(=O)Nc2cccc([N+](=O)[O-])c2)cc1C(C)C. The van der Waals surface area contributed by atoms with Crippen LogP contribution in [-0.4, -0.2) is 20.5 Å². The van der Waals surface area contributed by atoms with E-state index in [-0.39, 0.29) is 22.2 Å². The van der Waals surface area contributed by atoms with Gasteiger partial charge >= 0.3 is 0 Å². The van der Waals surface area contributed by atoms with Crippen LogP contribution >= 0.6 is 0 Å². The van der Waals surface area contributed by atoms with Crippen molar-refractivity contribution in [2.24, 2.45) is 0 Å². The fourth-order valence-electron chi connectivity index (χ4n) is 2.23. The first kappa shape index (κ1) is 17.7. The molecule has 7 nitrogen and oxygen atoms in total. The third kappa shape index (κ3) is 3.83. The van der Waals surface area contributed by atoms with Crippen LogP contribution < -0.4 is 9.46 Å². The van der Waals surface area contributed by atoms with Crippen LogP contribution in [0, 0.1) is 10.1 Å². The maximum atomic E-state index is 12.5. The first-order valence-electron chi connectivity index (χ1n) is 7.20. The van der Waals surface area contributed by atoms with Crippen LogP contribution in [0.1, 0.15) is 25.3 Å². The van der Waals surface area contributed by atoms with Gasteiger partial charge in [0, 0.05) is 12.1 Å². The number of methoxy groups -OCH3 is 1. The standard InChI is InChI=1S/C16H18N2O5S/c1-11(2)15-10-14(7-8-16(15)23-3)24(21,22)17-12-5-4-6-13(9-12)18(19)20/h4-11,17H,1-3H3. The Kier molecular flexibility index (Phi) is 5.08. The molecule has 128 valence electrons. The van der Waals surface area contributed by atoms with Gasteiger partial charge in [0.2, 0.25) is 0 Å². The molecule has 0 aliphatic heterocycles. The average molecular weight is 350 g/mol. The number of nitrogens with zero attached hydrogens (tertiary/aromatic N) is 1. The highest BCUT2D eigenvalue weighted by Gasteiger charge is 2.19.